The monoisotopic (exact) mass is 892 g/mol. The molecular formula is C60H60N4Si2. The van der Waals surface area contributed by atoms with E-state index in [2.05, 4.69) is 245 Å². The molecule has 0 atom stereocenters. The highest BCUT2D eigenvalue weighted by molar-refractivity contribution is 6.84. The van der Waals surface area contributed by atoms with Gasteiger partial charge in [0.2, 0.25) is 0 Å². The smallest absolute Gasteiger partial charge is 0.129 e. The van der Waals surface area contributed by atoms with Gasteiger partial charge in [-0.15, -0.1) is 11.1 Å². The third kappa shape index (κ3) is 9.00. The number of benzene rings is 4. The van der Waals surface area contributed by atoms with Crippen molar-refractivity contribution in [1.29, 1.82) is 0 Å². The van der Waals surface area contributed by atoms with Crippen LogP contribution in [0.15, 0.2) is 121 Å². The Morgan fingerprint density at radius 2 is 0.667 bits per heavy atom. The zero-order valence-corrected chi connectivity index (χ0v) is 42.5. The maximum atomic E-state index is 4.00. The largest absolute Gasteiger partial charge is 0.354 e. The number of H-pyrrole nitrogens is 4. The Kier molecular flexibility index (Phi) is 11.5. The minimum Gasteiger partial charge on any atom is -0.354 e. The van der Waals surface area contributed by atoms with E-state index in [1.54, 1.807) is 0 Å². The standard InChI is InChI=1S/C60H60N4Si2/c1-37-31-39(3)55(40(4)32-37)59-51-23-19-47(61-51)57(45-17-13-15-43(35-45)27-29-65(7,8)9)49-21-25-53(63-49)60(56-41(5)33-38(2)34-42(56)6)54-26-22-50(64-54)58(48-20-24-52(59)62-48)46-18-14-16-44(36-46)28-30-66(10,11)12/h13-26,31-36,61-64H,1-12H3. The van der Waals surface area contributed by atoms with Crippen LogP contribution >= 0.6 is 0 Å². The second-order valence-electron chi connectivity index (χ2n) is 20.4. The van der Waals surface area contributed by atoms with E-state index in [1.165, 1.54) is 44.5 Å². The van der Waals surface area contributed by atoms with Crippen molar-refractivity contribution in [1.82, 2.24) is 19.9 Å². The summed E-state index contributed by atoms with van der Waals surface area (Å²) in [5.74, 6) is 7.08. The number of aromatic nitrogens is 4. The first-order valence-electron chi connectivity index (χ1n) is 23.1. The van der Waals surface area contributed by atoms with E-state index >= 15 is 0 Å². The summed E-state index contributed by atoms with van der Waals surface area (Å²) in [5.41, 5.74) is 29.8. The average Bonchev–Trinajstić information content (AvgIpc) is 4.09. The van der Waals surface area contributed by atoms with Crippen LogP contribution in [0.2, 0.25) is 39.3 Å². The van der Waals surface area contributed by atoms with Gasteiger partial charge in [-0.1, -0.05) is 111 Å². The third-order valence-electron chi connectivity index (χ3n) is 12.2. The Labute approximate surface area is 392 Å². The lowest BCUT2D eigenvalue weighted by Gasteiger charge is -2.15. The number of hydrogen-bond donors (Lipinski definition) is 4. The summed E-state index contributed by atoms with van der Waals surface area (Å²) in [6, 6.07) is 44.6. The van der Waals surface area contributed by atoms with Crippen LogP contribution in [0.3, 0.4) is 0 Å². The van der Waals surface area contributed by atoms with Gasteiger partial charge in [-0.25, -0.2) is 0 Å². The van der Waals surface area contributed by atoms with Gasteiger partial charge in [0.25, 0.3) is 0 Å². The van der Waals surface area contributed by atoms with Gasteiger partial charge < -0.3 is 19.9 Å². The van der Waals surface area contributed by atoms with Crippen molar-refractivity contribution in [2.75, 3.05) is 0 Å². The molecular weight excluding hydrogens is 833 g/mol. The molecule has 0 radical (unpaired) electrons. The molecule has 4 N–H and O–H groups in total. The maximum absolute atomic E-state index is 4.00. The zero-order chi connectivity index (χ0) is 46.7. The first-order valence-corrected chi connectivity index (χ1v) is 30.1. The van der Waals surface area contributed by atoms with Gasteiger partial charge in [-0.05, 0) is 159 Å². The van der Waals surface area contributed by atoms with E-state index in [4.69, 9.17) is 0 Å². The topological polar surface area (TPSA) is 63.2 Å². The number of hydrogen-bond acceptors (Lipinski definition) is 0. The molecule has 0 amide bonds. The van der Waals surface area contributed by atoms with Crippen LogP contribution < -0.4 is 21.4 Å². The molecule has 4 aromatic carbocycles. The highest BCUT2D eigenvalue weighted by Crippen LogP contribution is 2.32. The first-order chi connectivity index (χ1) is 31.4. The predicted molar refractivity (Wildman–Crippen MR) is 283 cm³/mol. The van der Waals surface area contributed by atoms with Crippen LogP contribution in [0.25, 0.3) is 22.3 Å². The Morgan fingerprint density at radius 1 is 0.348 bits per heavy atom. The van der Waals surface area contributed by atoms with Crippen LogP contribution in [0.1, 0.15) is 89.5 Å². The van der Waals surface area contributed by atoms with Gasteiger partial charge in [0, 0.05) is 77.6 Å². The van der Waals surface area contributed by atoms with Gasteiger partial charge in [-0.2, -0.15) is 0 Å². The Balaban J connectivity index is 1.44. The fourth-order valence-electron chi connectivity index (χ4n) is 9.66. The summed E-state index contributed by atoms with van der Waals surface area (Å²) in [6.45, 7) is 27.0. The second kappa shape index (κ2) is 17.1. The lowest BCUT2D eigenvalue weighted by molar-refractivity contribution is 1.17. The molecule has 8 aromatic rings. The normalized spacial score (nSPS) is 12.8. The van der Waals surface area contributed by atoms with E-state index in [-0.39, 0.29) is 0 Å². The molecule has 66 heavy (non-hydrogen) atoms. The Morgan fingerprint density at radius 3 is 1.00 bits per heavy atom. The van der Waals surface area contributed by atoms with Crippen molar-refractivity contribution in [3.05, 3.63) is 232 Å². The summed E-state index contributed by atoms with van der Waals surface area (Å²) in [5, 5.41) is 4.10. The lowest BCUT2D eigenvalue weighted by atomic mass is 9.92. The van der Waals surface area contributed by atoms with E-state index in [9.17, 15) is 0 Å². The molecule has 0 aliphatic carbocycles. The predicted octanol–water partition coefficient (Wildman–Crippen LogP) is 10.6. The molecule has 1 aliphatic heterocycles. The van der Waals surface area contributed by atoms with Crippen molar-refractivity contribution in [2.24, 2.45) is 0 Å². The van der Waals surface area contributed by atoms with Gasteiger partial charge >= 0.3 is 0 Å². The van der Waals surface area contributed by atoms with Gasteiger partial charge in [-0.3, -0.25) is 0 Å². The molecule has 0 fully saturated rings. The SMILES string of the molecule is Cc1cc(C)c(C2=c3ccc([nH]3)=C(c3cccc(C#C[Si](C)(C)C)c3)c3ccc([nH]3)C(c3c(C)cc(C)cc3C)=c3ccc([nH]3)=C(c3cccc(C#C[Si](C)(C)C)c3)c3ccc2[nH]3)c(C)c1. The van der Waals surface area contributed by atoms with Crippen LogP contribution in [-0.2, 0) is 0 Å². The molecule has 5 heterocycles. The molecule has 0 spiro atoms. The van der Waals surface area contributed by atoms with Crippen molar-refractivity contribution in [3.8, 4) is 22.9 Å². The second-order valence-corrected chi connectivity index (χ2v) is 29.9. The highest BCUT2D eigenvalue weighted by atomic mass is 28.3. The van der Waals surface area contributed by atoms with Crippen molar-refractivity contribution in [2.45, 2.75) is 80.8 Å². The van der Waals surface area contributed by atoms with E-state index in [1.807, 2.05) is 0 Å². The van der Waals surface area contributed by atoms with E-state index in [0.717, 1.165) is 88.7 Å². The molecule has 4 aromatic heterocycles. The average molecular weight is 893 g/mol. The van der Waals surface area contributed by atoms with Crippen LogP contribution in [0.5, 0.6) is 0 Å². The third-order valence-corrected chi connectivity index (χ3v) is 14.0. The Bertz CT molecular complexity index is 3350. The fourth-order valence-corrected chi connectivity index (χ4v) is 10.7. The van der Waals surface area contributed by atoms with E-state index in [0.29, 0.717) is 0 Å². The molecule has 328 valence electrons. The molecule has 1 aliphatic rings. The van der Waals surface area contributed by atoms with Crippen LogP contribution in [0, 0.1) is 64.5 Å². The number of aromatic amines is 4. The van der Waals surface area contributed by atoms with Gasteiger partial charge in [0.15, 0.2) is 0 Å². The summed E-state index contributed by atoms with van der Waals surface area (Å²) < 4.78 is 0. The number of rotatable bonds is 4. The zero-order valence-electron chi connectivity index (χ0n) is 40.5. The maximum Gasteiger partial charge on any atom is 0.129 e. The number of aryl methyl sites for hydroxylation is 6. The summed E-state index contributed by atoms with van der Waals surface area (Å²) in [7, 11) is -3.22. The van der Waals surface area contributed by atoms with Gasteiger partial charge in [0.1, 0.15) is 16.1 Å². The lowest BCUT2D eigenvalue weighted by Crippen LogP contribution is -2.20. The minimum atomic E-state index is -1.61. The van der Waals surface area contributed by atoms with E-state index < -0.39 is 16.1 Å². The fraction of sp³-hybridized carbons (Fsp3) is 0.200. The molecule has 9 rings (SSSR count). The minimum absolute atomic E-state index is 1.02. The highest BCUT2D eigenvalue weighted by Gasteiger charge is 2.22. The van der Waals surface area contributed by atoms with Gasteiger partial charge in [0.05, 0.1) is 0 Å². The molecule has 0 saturated heterocycles. The van der Waals surface area contributed by atoms with Crippen LogP contribution in [-0.4, -0.2) is 36.1 Å². The van der Waals surface area contributed by atoms with Crippen molar-refractivity contribution >= 4 is 38.4 Å². The Hall–Kier alpha value is -6.97. The summed E-state index contributed by atoms with van der Waals surface area (Å²) in [6.07, 6.45) is 0. The molecule has 0 saturated carbocycles. The molecule has 8 bridgehead atoms. The number of fused-ring (bicyclic) bond motifs is 8. The molecule has 6 heteroatoms. The number of nitrogens with one attached hydrogen (secondary N) is 4. The van der Waals surface area contributed by atoms with Crippen molar-refractivity contribution in [3.63, 3.8) is 0 Å². The summed E-state index contributed by atoms with van der Waals surface area (Å²) >= 11 is 0. The quantitative estimate of drug-likeness (QED) is 0.101. The first kappa shape index (κ1) is 44.2. The van der Waals surface area contributed by atoms with Crippen molar-refractivity contribution < 1.29 is 0 Å². The summed E-state index contributed by atoms with van der Waals surface area (Å²) in [4.78, 5) is 16.0. The van der Waals surface area contributed by atoms with Crippen LogP contribution in [0.4, 0.5) is 0 Å². The molecule has 0 unspecified atom stereocenters. The molecule has 4 nitrogen and oxygen atoms in total.